The molecule has 4 aliphatic rings. The van der Waals surface area contributed by atoms with Crippen LogP contribution in [0.25, 0.3) is 0 Å². The largest absolute Gasteiger partial charge is 0.458 e. The molecular formula is C33H49NO2. The molecule has 5 rings (SSSR count). The number of rotatable bonds is 7. The third-order valence-corrected chi connectivity index (χ3v) is 11.0. The van der Waals surface area contributed by atoms with Crippen molar-refractivity contribution in [1.29, 1.82) is 0 Å². The van der Waals surface area contributed by atoms with Gasteiger partial charge in [-0.25, -0.2) is 4.79 Å². The van der Waals surface area contributed by atoms with Crippen LogP contribution in [-0.2, 0) is 4.74 Å². The average molecular weight is 492 g/mol. The van der Waals surface area contributed by atoms with Gasteiger partial charge in [-0.15, -0.1) is 0 Å². The van der Waals surface area contributed by atoms with Crippen LogP contribution in [0.2, 0.25) is 0 Å². The number of ether oxygens (including phenoxy) is 1. The number of hydrogen-bond acceptors (Lipinski definition) is 3. The molecule has 2 N–H and O–H groups in total. The highest BCUT2D eigenvalue weighted by atomic mass is 16.5. The van der Waals surface area contributed by atoms with Crippen molar-refractivity contribution in [2.45, 2.75) is 104 Å². The molecule has 1 aromatic rings. The van der Waals surface area contributed by atoms with E-state index in [2.05, 4.69) is 33.8 Å². The zero-order valence-corrected chi connectivity index (χ0v) is 23.2. The third-order valence-electron chi connectivity index (χ3n) is 11.0. The molecule has 0 aromatic heterocycles. The summed E-state index contributed by atoms with van der Waals surface area (Å²) in [5.74, 6) is 6.09. The van der Waals surface area contributed by atoms with E-state index in [-0.39, 0.29) is 12.1 Å². The maximum Gasteiger partial charge on any atom is 0.338 e. The maximum absolute atomic E-state index is 12.7. The maximum atomic E-state index is 12.7. The number of esters is 1. The van der Waals surface area contributed by atoms with Gasteiger partial charge >= 0.3 is 5.97 Å². The van der Waals surface area contributed by atoms with Gasteiger partial charge in [0.1, 0.15) is 6.10 Å². The minimum Gasteiger partial charge on any atom is -0.458 e. The molecule has 0 amide bonds. The highest BCUT2D eigenvalue weighted by molar-refractivity contribution is 5.89. The molecule has 8 unspecified atom stereocenters. The van der Waals surface area contributed by atoms with Gasteiger partial charge in [-0.1, -0.05) is 58.6 Å². The lowest BCUT2D eigenvalue weighted by molar-refractivity contribution is -0.0240. The Morgan fingerprint density at radius 3 is 2.50 bits per heavy atom. The van der Waals surface area contributed by atoms with Crippen molar-refractivity contribution in [2.24, 2.45) is 46.8 Å². The number of anilines is 1. The second kappa shape index (κ2) is 10.5. The van der Waals surface area contributed by atoms with E-state index in [0.29, 0.717) is 16.7 Å². The van der Waals surface area contributed by atoms with Crippen LogP contribution < -0.4 is 5.73 Å². The van der Waals surface area contributed by atoms with Gasteiger partial charge in [0.25, 0.3) is 0 Å². The van der Waals surface area contributed by atoms with E-state index in [4.69, 9.17) is 10.5 Å². The molecular weight excluding hydrogens is 442 g/mol. The minimum atomic E-state index is -0.210. The number of fused-ring (bicyclic) bond motifs is 5. The van der Waals surface area contributed by atoms with Crippen LogP contribution in [0.5, 0.6) is 0 Å². The smallest absolute Gasteiger partial charge is 0.338 e. The van der Waals surface area contributed by atoms with E-state index in [0.717, 1.165) is 60.7 Å². The highest BCUT2D eigenvalue weighted by Gasteiger charge is 2.54. The summed E-state index contributed by atoms with van der Waals surface area (Å²) < 4.78 is 5.98. The Morgan fingerprint density at radius 2 is 1.75 bits per heavy atom. The van der Waals surface area contributed by atoms with E-state index >= 15 is 0 Å². The molecule has 0 saturated heterocycles. The van der Waals surface area contributed by atoms with Crippen LogP contribution >= 0.6 is 0 Å². The van der Waals surface area contributed by atoms with E-state index in [1.54, 1.807) is 29.8 Å². The molecule has 0 spiro atoms. The predicted octanol–water partition coefficient (Wildman–Crippen LogP) is 8.45. The SMILES string of the molecule is CC(C)CCCC(C)C1CCC2C1CCC1C2CC=C2CC(OC(=O)c3ccc(N)cc3)CCC21C. The average Bonchev–Trinajstić information content (AvgIpc) is 3.29. The first-order chi connectivity index (χ1) is 17.3. The molecule has 0 bridgehead atoms. The number of benzene rings is 1. The normalized spacial score (nSPS) is 36.4. The van der Waals surface area contributed by atoms with Gasteiger partial charge in [-0.05, 0) is 116 Å². The fraction of sp³-hybridized carbons (Fsp3) is 0.727. The zero-order chi connectivity index (χ0) is 25.4. The fourth-order valence-corrected chi connectivity index (χ4v) is 9.03. The van der Waals surface area contributed by atoms with Crippen LogP contribution in [0, 0.1) is 46.8 Å². The Kier molecular flexibility index (Phi) is 7.57. The Bertz CT molecular complexity index is 949. The van der Waals surface area contributed by atoms with E-state index < -0.39 is 0 Å². The topological polar surface area (TPSA) is 52.3 Å². The monoisotopic (exact) mass is 491 g/mol. The van der Waals surface area contributed by atoms with E-state index in [1.807, 2.05) is 0 Å². The molecule has 3 heteroatoms. The number of carbonyl (C=O) groups excluding carboxylic acids is 1. The summed E-state index contributed by atoms with van der Waals surface area (Å²) in [6.45, 7) is 9.84. The van der Waals surface area contributed by atoms with Crippen LogP contribution in [0.4, 0.5) is 5.69 Å². The number of nitrogen functional groups attached to an aromatic ring is 1. The molecule has 3 saturated carbocycles. The van der Waals surface area contributed by atoms with Crippen LogP contribution in [0.3, 0.4) is 0 Å². The number of hydrogen-bond donors (Lipinski definition) is 1. The lowest BCUT2D eigenvalue weighted by Crippen LogP contribution is -2.48. The van der Waals surface area contributed by atoms with Crippen molar-refractivity contribution in [2.75, 3.05) is 5.73 Å². The van der Waals surface area contributed by atoms with Gasteiger partial charge in [-0.2, -0.15) is 0 Å². The molecule has 36 heavy (non-hydrogen) atoms. The van der Waals surface area contributed by atoms with Crippen molar-refractivity contribution in [1.82, 2.24) is 0 Å². The lowest BCUT2D eigenvalue weighted by Gasteiger charge is -2.55. The van der Waals surface area contributed by atoms with Crippen LogP contribution in [-0.4, -0.2) is 12.1 Å². The van der Waals surface area contributed by atoms with Gasteiger partial charge in [0.05, 0.1) is 5.56 Å². The summed E-state index contributed by atoms with van der Waals surface area (Å²) in [5.41, 5.74) is 8.94. The molecule has 4 aliphatic carbocycles. The van der Waals surface area contributed by atoms with Crippen molar-refractivity contribution >= 4 is 11.7 Å². The minimum absolute atomic E-state index is 0.00446. The number of allylic oxidation sites excluding steroid dienone is 1. The molecule has 8 atom stereocenters. The summed E-state index contributed by atoms with van der Waals surface area (Å²) in [5, 5.41) is 0. The van der Waals surface area contributed by atoms with Crippen molar-refractivity contribution < 1.29 is 9.53 Å². The molecule has 3 fully saturated rings. The predicted molar refractivity (Wildman–Crippen MR) is 148 cm³/mol. The van der Waals surface area contributed by atoms with E-state index in [1.165, 1.54) is 51.4 Å². The van der Waals surface area contributed by atoms with Crippen LogP contribution in [0.15, 0.2) is 35.9 Å². The zero-order valence-electron chi connectivity index (χ0n) is 23.2. The van der Waals surface area contributed by atoms with Gasteiger partial charge < -0.3 is 10.5 Å². The van der Waals surface area contributed by atoms with E-state index in [9.17, 15) is 4.79 Å². The molecule has 0 heterocycles. The quantitative estimate of drug-likeness (QED) is 0.236. The van der Waals surface area contributed by atoms with Gasteiger partial charge in [0, 0.05) is 12.1 Å². The molecule has 198 valence electrons. The third kappa shape index (κ3) is 5.01. The Morgan fingerprint density at radius 1 is 1.00 bits per heavy atom. The van der Waals surface area contributed by atoms with Gasteiger partial charge in [0.15, 0.2) is 0 Å². The Balaban J connectivity index is 1.22. The molecule has 1 aromatic carbocycles. The second-order valence-electron chi connectivity index (χ2n) is 13.5. The summed E-state index contributed by atoms with van der Waals surface area (Å²) in [7, 11) is 0. The van der Waals surface area contributed by atoms with Crippen LogP contribution in [0.1, 0.15) is 109 Å². The Labute approximate surface area is 219 Å². The summed E-state index contributed by atoms with van der Waals surface area (Å²) in [6.07, 6.45) is 16.9. The van der Waals surface area contributed by atoms with Crippen molar-refractivity contribution in [3.8, 4) is 0 Å². The first-order valence-electron chi connectivity index (χ1n) is 15.0. The highest BCUT2D eigenvalue weighted by Crippen LogP contribution is 2.63. The number of nitrogens with two attached hydrogens (primary N) is 1. The van der Waals surface area contributed by atoms with Crippen molar-refractivity contribution in [3.05, 3.63) is 41.5 Å². The number of carbonyl (C=O) groups is 1. The summed E-state index contributed by atoms with van der Waals surface area (Å²) in [4.78, 5) is 12.7. The Hall–Kier alpha value is -1.77. The fourth-order valence-electron chi connectivity index (χ4n) is 9.03. The second-order valence-corrected chi connectivity index (χ2v) is 13.5. The summed E-state index contributed by atoms with van der Waals surface area (Å²) in [6, 6.07) is 7.09. The van der Waals surface area contributed by atoms with Crippen molar-refractivity contribution in [3.63, 3.8) is 0 Å². The standard InChI is InChI=1S/C33H49NO2/c1-21(2)6-5-7-22(3)27-14-15-29-28(27)16-17-31-30(29)13-10-24-20-26(18-19-33(24,31)4)36-32(35)23-8-11-25(34)12-9-23/h8-12,21-22,26-31H,5-7,13-20,34H2,1-4H3. The lowest BCUT2D eigenvalue weighted by atomic mass is 9.50. The molecule has 3 nitrogen and oxygen atoms in total. The molecule has 0 radical (unpaired) electrons. The van der Waals surface area contributed by atoms with Gasteiger partial charge in [0.2, 0.25) is 0 Å². The first kappa shape index (κ1) is 25.9. The molecule has 0 aliphatic heterocycles. The van der Waals surface area contributed by atoms with Gasteiger partial charge in [-0.3, -0.25) is 0 Å². The first-order valence-corrected chi connectivity index (χ1v) is 15.0. The summed E-state index contributed by atoms with van der Waals surface area (Å²) >= 11 is 0.